The van der Waals surface area contributed by atoms with Crippen molar-refractivity contribution in [2.24, 2.45) is 10.7 Å². The molecule has 2 aromatic rings. The molecule has 10 heteroatoms. The topological polar surface area (TPSA) is 133 Å². The molecular formula is C19H25ClN4O5. The molecule has 0 saturated carbocycles. The second-order valence-corrected chi connectivity index (χ2v) is 6.70. The van der Waals surface area contributed by atoms with Gasteiger partial charge in [-0.05, 0) is 37.5 Å². The van der Waals surface area contributed by atoms with E-state index in [0.29, 0.717) is 48.4 Å². The first-order chi connectivity index (χ1) is 13.5. The van der Waals surface area contributed by atoms with E-state index in [1.807, 2.05) is 12.1 Å². The molecule has 0 aliphatic carbocycles. The van der Waals surface area contributed by atoms with E-state index in [4.69, 9.17) is 19.7 Å². The number of amidine groups is 1. The van der Waals surface area contributed by atoms with E-state index in [9.17, 15) is 9.90 Å². The lowest BCUT2D eigenvalue weighted by molar-refractivity contribution is -0.137. The number of unbranched alkanes of at least 4 members (excludes halogenated alkanes) is 1. The maximum atomic E-state index is 11.3. The first-order valence-electron chi connectivity index (χ1n) is 9.20. The Morgan fingerprint density at radius 2 is 2.10 bits per heavy atom. The minimum absolute atomic E-state index is 0. The summed E-state index contributed by atoms with van der Waals surface area (Å²) in [5.74, 6) is 1.70. The number of nitrogens with zero attached hydrogens (tertiary/aromatic N) is 3. The van der Waals surface area contributed by atoms with Gasteiger partial charge in [-0.25, -0.2) is 0 Å². The maximum Gasteiger partial charge on any atom is 0.303 e. The summed E-state index contributed by atoms with van der Waals surface area (Å²) >= 11 is 0. The van der Waals surface area contributed by atoms with Gasteiger partial charge in [-0.15, -0.1) is 12.4 Å². The van der Waals surface area contributed by atoms with Crippen molar-refractivity contribution in [2.45, 2.75) is 44.9 Å². The SMILES string of the molecule is CC(N)=NCCCCc1noc(CC(CC(=O)O)c2ccc3c(c2)OCO3)n1.Cl. The van der Waals surface area contributed by atoms with Crippen molar-refractivity contribution in [3.63, 3.8) is 0 Å². The molecule has 9 nitrogen and oxygen atoms in total. The average Bonchev–Trinajstić information content (AvgIpc) is 3.28. The molecule has 0 saturated heterocycles. The molecule has 0 amide bonds. The van der Waals surface area contributed by atoms with Gasteiger partial charge < -0.3 is 24.8 Å². The number of carboxylic acids is 1. The second kappa shape index (κ2) is 10.7. The summed E-state index contributed by atoms with van der Waals surface area (Å²) in [5, 5.41) is 13.3. The number of aliphatic carboxylic acids is 1. The van der Waals surface area contributed by atoms with Crippen LogP contribution in [0, 0.1) is 0 Å². The maximum absolute atomic E-state index is 11.3. The number of hydrogen-bond donors (Lipinski definition) is 2. The monoisotopic (exact) mass is 424 g/mol. The molecule has 1 atom stereocenters. The van der Waals surface area contributed by atoms with Crippen LogP contribution in [0.5, 0.6) is 11.5 Å². The molecule has 0 spiro atoms. The number of aromatic nitrogens is 2. The van der Waals surface area contributed by atoms with Gasteiger partial charge in [0.05, 0.1) is 12.3 Å². The van der Waals surface area contributed by atoms with Crippen LogP contribution in [0.15, 0.2) is 27.7 Å². The molecule has 0 fully saturated rings. The summed E-state index contributed by atoms with van der Waals surface area (Å²) in [4.78, 5) is 19.9. The molecule has 1 aromatic carbocycles. The van der Waals surface area contributed by atoms with Crippen molar-refractivity contribution >= 4 is 24.2 Å². The Hall–Kier alpha value is -2.81. The summed E-state index contributed by atoms with van der Waals surface area (Å²) in [5.41, 5.74) is 6.34. The van der Waals surface area contributed by atoms with Crippen molar-refractivity contribution in [3.05, 3.63) is 35.5 Å². The largest absolute Gasteiger partial charge is 0.481 e. The summed E-state index contributed by atoms with van der Waals surface area (Å²) in [7, 11) is 0. The van der Waals surface area contributed by atoms with Crippen LogP contribution in [-0.4, -0.2) is 40.4 Å². The van der Waals surface area contributed by atoms with Gasteiger partial charge in [-0.3, -0.25) is 9.79 Å². The minimum atomic E-state index is -0.891. The highest BCUT2D eigenvalue weighted by Gasteiger charge is 2.23. The Labute approximate surface area is 174 Å². The molecule has 3 N–H and O–H groups in total. The molecule has 1 aromatic heterocycles. The molecule has 29 heavy (non-hydrogen) atoms. The predicted octanol–water partition coefficient (Wildman–Crippen LogP) is 2.72. The van der Waals surface area contributed by atoms with Crippen molar-refractivity contribution in [1.29, 1.82) is 0 Å². The van der Waals surface area contributed by atoms with E-state index in [-0.39, 0.29) is 31.5 Å². The van der Waals surface area contributed by atoms with E-state index >= 15 is 0 Å². The van der Waals surface area contributed by atoms with Gasteiger partial charge in [0.25, 0.3) is 0 Å². The summed E-state index contributed by atoms with van der Waals surface area (Å²) in [6, 6.07) is 5.45. The lowest BCUT2D eigenvalue weighted by Crippen LogP contribution is -2.09. The van der Waals surface area contributed by atoms with Crippen LogP contribution in [0.25, 0.3) is 0 Å². The number of rotatable bonds is 10. The molecule has 0 radical (unpaired) electrons. The normalized spacial score (nSPS) is 13.8. The third kappa shape index (κ3) is 6.63. The Bertz CT molecular complexity index is 851. The number of aryl methyl sites for hydroxylation is 1. The van der Waals surface area contributed by atoms with Crippen molar-refractivity contribution < 1.29 is 23.9 Å². The highest BCUT2D eigenvalue weighted by molar-refractivity contribution is 5.85. The summed E-state index contributed by atoms with van der Waals surface area (Å²) < 4.78 is 16.0. The van der Waals surface area contributed by atoms with E-state index in [0.717, 1.165) is 18.4 Å². The number of hydrogen-bond acceptors (Lipinski definition) is 7. The standard InChI is InChI=1S/C19H24N4O5.ClH/c1-12(20)21-7-3-2-4-17-22-18(28-23-17)9-14(10-19(24)25)13-5-6-15-16(8-13)27-11-26-15;/h5-6,8,14H,2-4,7,9-11H2,1H3,(H2,20,21)(H,24,25);1H. The zero-order valence-corrected chi connectivity index (χ0v) is 17.0. The number of carbonyl (C=O) groups is 1. The van der Waals surface area contributed by atoms with Crippen LogP contribution in [0.1, 0.15) is 49.4 Å². The summed E-state index contributed by atoms with van der Waals surface area (Å²) in [6.45, 7) is 2.61. The van der Waals surface area contributed by atoms with E-state index in [1.54, 1.807) is 13.0 Å². The van der Waals surface area contributed by atoms with Gasteiger partial charge in [0.2, 0.25) is 12.7 Å². The Morgan fingerprint density at radius 1 is 1.31 bits per heavy atom. The van der Waals surface area contributed by atoms with Crippen LogP contribution in [0.3, 0.4) is 0 Å². The van der Waals surface area contributed by atoms with Crippen LogP contribution < -0.4 is 15.2 Å². The third-order valence-corrected chi connectivity index (χ3v) is 4.39. The molecule has 1 aliphatic rings. The first kappa shape index (κ1) is 22.5. The lowest BCUT2D eigenvalue weighted by atomic mass is 9.92. The number of carboxylic acid groups (broad SMARTS) is 1. The van der Waals surface area contributed by atoms with Gasteiger partial charge in [0, 0.05) is 25.3 Å². The summed E-state index contributed by atoms with van der Waals surface area (Å²) in [6.07, 6.45) is 2.73. The molecule has 0 bridgehead atoms. The fourth-order valence-corrected chi connectivity index (χ4v) is 3.02. The third-order valence-electron chi connectivity index (χ3n) is 4.39. The molecule has 3 rings (SSSR count). The predicted molar refractivity (Wildman–Crippen MR) is 108 cm³/mol. The quantitative estimate of drug-likeness (QED) is 0.338. The average molecular weight is 425 g/mol. The van der Waals surface area contributed by atoms with Crippen LogP contribution in [-0.2, 0) is 17.6 Å². The molecule has 1 unspecified atom stereocenters. The highest BCUT2D eigenvalue weighted by atomic mass is 35.5. The number of fused-ring (bicyclic) bond motifs is 1. The fourth-order valence-electron chi connectivity index (χ4n) is 3.02. The number of nitrogens with two attached hydrogens (primary N) is 1. The first-order valence-corrected chi connectivity index (χ1v) is 9.20. The van der Waals surface area contributed by atoms with Crippen LogP contribution >= 0.6 is 12.4 Å². The van der Waals surface area contributed by atoms with Crippen LogP contribution in [0.4, 0.5) is 0 Å². The zero-order chi connectivity index (χ0) is 19.9. The van der Waals surface area contributed by atoms with E-state index < -0.39 is 5.97 Å². The molecule has 158 valence electrons. The smallest absolute Gasteiger partial charge is 0.303 e. The van der Waals surface area contributed by atoms with Crippen molar-refractivity contribution in [2.75, 3.05) is 13.3 Å². The number of aliphatic imine (C=N–C) groups is 1. The van der Waals surface area contributed by atoms with Gasteiger partial charge in [0.15, 0.2) is 17.3 Å². The van der Waals surface area contributed by atoms with Gasteiger partial charge in [0.1, 0.15) is 0 Å². The van der Waals surface area contributed by atoms with Gasteiger partial charge >= 0.3 is 5.97 Å². The molecule has 2 heterocycles. The lowest BCUT2D eigenvalue weighted by Gasteiger charge is -2.13. The van der Waals surface area contributed by atoms with E-state index in [1.165, 1.54) is 0 Å². The molecular weight excluding hydrogens is 400 g/mol. The van der Waals surface area contributed by atoms with Gasteiger partial charge in [-0.2, -0.15) is 4.98 Å². The van der Waals surface area contributed by atoms with Crippen LogP contribution in [0.2, 0.25) is 0 Å². The molecule has 1 aliphatic heterocycles. The second-order valence-electron chi connectivity index (χ2n) is 6.70. The zero-order valence-electron chi connectivity index (χ0n) is 16.2. The van der Waals surface area contributed by atoms with Crippen molar-refractivity contribution in [3.8, 4) is 11.5 Å². The Balaban J connectivity index is 0.00000300. The van der Waals surface area contributed by atoms with Gasteiger partial charge in [-0.1, -0.05) is 11.2 Å². The number of halogens is 1. The number of benzene rings is 1. The van der Waals surface area contributed by atoms with E-state index in [2.05, 4.69) is 15.1 Å². The fraction of sp³-hybridized carbons (Fsp3) is 0.474. The minimum Gasteiger partial charge on any atom is -0.481 e. The Kier molecular flexibility index (Phi) is 8.26. The Morgan fingerprint density at radius 3 is 2.86 bits per heavy atom. The highest BCUT2D eigenvalue weighted by Crippen LogP contribution is 2.36. The number of ether oxygens (including phenoxy) is 2. The van der Waals surface area contributed by atoms with Crippen molar-refractivity contribution in [1.82, 2.24) is 10.1 Å².